The smallest absolute Gasteiger partial charge is 0.326 e. The molecule has 0 saturated heterocycles. The van der Waals surface area contributed by atoms with Crippen molar-refractivity contribution in [3.63, 3.8) is 0 Å². The summed E-state index contributed by atoms with van der Waals surface area (Å²) >= 11 is 0. The largest absolute Gasteiger partial charge is 0.482 e. The Kier molecular flexibility index (Phi) is 5.24. The van der Waals surface area contributed by atoms with Gasteiger partial charge in [0, 0.05) is 18.2 Å². The third kappa shape index (κ3) is 4.52. The van der Waals surface area contributed by atoms with E-state index in [-0.39, 0.29) is 29.8 Å². The zero-order chi connectivity index (χ0) is 19.6. The topological polar surface area (TPSA) is 128 Å². The SMILES string of the molecule is C[C@H](NC(=O)COC(=O)CN1C(=O)COc2ccc([N+](=O)[O-])cc21)C1CC1. The van der Waals surface area contributed by atoms with Gasteiger partial charge in [-0.3, -0.25) is 29.4 Å². The Balaban J connectivity index is 1.60. The molecule has 2 amide bonds. The van der Waals surface area contributed by atoms with Crippen LogP contribution in [-0.4, -0.2) is 48.5 Å². The maximum absolute atomic E-state index is 12.1. The van der Waals surface area contributed by atoms with Gasteiger partial charge in [-0.15, -0.1) is 0 Å². The normalized spacial score (nSPS) is 16.8. The molecule has 1 fully saturated rings. The van der Waals surface area contributed by atoms with Crippen molar-refractivity contribution < 1.29 is 28.8 Å². The number of rotatable bonds is 7. The molecule has 0 unspecified atom stereocenters. The van der Waals surface area contributed by atoms with E-state index < -0.39 is 35.9 Å². The molecule has 1 aromatic carbocycles. The molecule has 10 heteroatoms. The molecule has 2 aliphatic rings. The van der Waals surface area contributed by atoms with E-state index in [1.54, 1.807) is 0 Å². The fourth-order valence-corrected chi connectivity index (χ4v) is 2.81. The molecule has 1 aliphatic heterocycles. The van der Waals surface area contributed by atoms with Gasteiger partial charge in [0.25, 0.3) is 17.5 Å². The van der Waals surface area contributed by atoms with E-state index in [0.717, 1.165) is 23.8 Å². The number of carbonyl (C=O) groups excluding carboxylic acids is 3. The number of benzene rings is 1. The van der Waals surface area contributed by atoms with E-state index in [1.807, 2.05) is 6.92 Å². The Morgan fingerprint density at radius 2 is 2.19 bits per heavy atom. The minimum Gasteiger partial charge on any atom is -0.482 e. The summed E-state index contributed by atoms with van der Waals surface area (Å²) in [5.74, 6) is -1.01. The van der Waals surface area contributed by atoms with Crippen molar-refractivity contribution in [2.24, 2.45) is 5.92 Å². The number of non-ortho nitro benzene ring substituents is 1. The lowest BCUT2D eigenvalue weighted by atomic mass is 10.2. The van der Waals surface area contributed by atoms with Crippen LogP contribution in [0.25, 0.3) is 0 Å². The first-order valence-corrected chi connectivity index (χ1v) is 8.51. The number of esters is 1. The Bertz CT molecular complexity index is 791. The van der Waals surface area contributed by atoms with Crippen molar-refractivity contribution in [2.45, 2.75) is 25.8 Å². The van der Waals surface area contributed by atoms with Gasteiger partial charge < -0.3 is 14.8 Å². The summed E-state index contributed by atoms with van der Waals surface area (Å²) in [4.78, 5) is 47.3. The van der Waals surface area contributed by atoms with Crippen LogP contribution >= 0.6 is 0 Å². The minimum atomic E-state index is -0.795. The molecular formula is C17H19N3O7. The molecule has 3 rings (SSSR count). The average molecular weight is 377 g/mol. The lowest BCUT2D eigenvalue weighted by Gasteiger charge is -2.28. The van der Waals surface area contributed by atoms with E-state index in [9.17, 15) is 24.5 Å². The van der Waals surface area contributed by atoms with Gasteiger partial charge in [0.1, 0.15) is 12.3 Å². The number of anilines is 1. The molecule has 27 heavy (non-hydrogen) atoms. The van der Waals surface area contributed by atoms with Crippen molar-refractivity contribution >= 4 is 29.2 Å². The van der Waals surface area contributed by atoms with Crippen LogP contribution in [0.1, 0.15) is 19.8 Å². The first-order valence-electron chi connectivity index (χ1n) is 8.51. The zero-order valence-electron chi connectivity index (χ0n) is 14.7. The van der Waals surface area contributed by atoms with Crippen LogP contribution in [0.3, 0.4) is 0 Å². The van der Waals surface area contributed by atoms with Crippen molar-refractivity contribution in [1.29, 1.82) is 0 Å². The molecular weight excluding hydrogens is 358 g/mol. The molecule has 1 saturated carbocycles. The van der Waals surface area contributed by atoms with E-state index in [1.165, 1.54) is 12.1 Å². The number of nitrogens with zero attached hydrogens (tertiary/aromatic N) is 2. The van der Waals surface area contributed by atoms with Gasteiger partial charge in [0.15, 0.2) is 13.2 Å². The Morgan fingerprint density at radius 3 is 2.85 bits per heavy atom. The zero-order valence-corrected chi connectivity index (χ0v) is 14.7. The predicted molar refractivity (Wildman–Crippen MR) is 92.2 cm³/mol. The van der Waals surface area contributed by atoms with Gasteiger partial charge >= 0.3 is 5.97 Å². The molecule has 1 atom stereocenters. The van der Waals surface area contributed by atoms with Crippen molar-refractivity contribution in [3.05, 3.63) is 28.3 Å². The summed E-state index contributed by atoms with van der Waals surface area (Å²) in [5, 5.41) is 13.7. The van der Waals surface area contributed by atoms with Gasteiger partial charge in [-0.25, -0.2) is 0 Å². The second-order valence-corrected chi connectivity index (χ2v) is 6.53. The number of nitro benzene ring substituents is 1. The maximum atomic E-state index is 12.1. The fourth-order valence-electron chi connectivity index (χ4n) is 2.81. The van der Waals surface area contributed by atoms with Gasteiger partial charge in [-0.2, -0.15) is 0 Å². The summed E-state index contributed by atoms with van der Waals surface area (Å²) in [6, 6.07) is 3.80. The molecule has 144 valence electrons. The van der Waals surface area contributed by atoms with Crippen LogP contribution in [0.4, 0.5) is 11.4 Å². The standard InChI is InChI=1S/C17H19N3O7/c1-10(11-2-3-11)18-15(21)8-27-17(23)7-19-13-6-12(20(24)25)4-5-14(13)26-9-16(19)22/h4-6,10-11H,2-3,7-9H2,1H3,(H,18,21)/t10-/m0/s1. The molecule has 0 bridgehead atoms. The first-order chi connectivity index (χ1) is 12.8. The number of nitro groups is 1. The van der Waals surface area contributed by atoms with Crippen molar-refractivity contribution in [2.75, 3.05) is 24.7 Å². The average Bonchev–Trinajstić information content (AvgIpc) is 3.47. The lowest BCUT2D eigenvalue weighted by Crippen LogP contribution is -2.43. The number of hydrogen-bond acceptors (Lipinski definition) is 7. The third-order valence-corrected chi connectivity index (χ3v) is 4.47. The van der Waals surface area contributed by atoms with Gasteiger partial charge in [-0.05, 0) is 31.7 Å². The molecule has 1 aromatic rings. The van der Waals surface area contributed by atoms with Crippen LogP contribution < -0.4 is 15.0 Å². The highest BCUT2D eigenvalue weighted by Crippen LogP contribution is 2.35. The van der Waals surface area contributed by atoms with E-state index >= 15 is 0 Å². The van der Waals surface area contributed by atoms with Crippen molar-refractivity contribution in [3.8, 4) is 5.75 Å². The van der Waals surface area contributed by atoms with Crippen molar-refractivity contribution in [1.82, 2.24) is 5.32 Å². The number of fused-ring (bicyclic) bond motifs is 1. The monoisotopic (exact) mass is 377 g/mol. The highest BCUT2D eigenvalue weighted by atomic mass is 16.6. The van der Waals surface area contributed by atoms with Crippen LogP contribution in [0.2, 0.25) is 0 Å². The second kappa shape index (κ2) is 7.60. The first kappa shape index (κ1) is 18.6. The van der Waals surface area contributed by atoms with Gasteiger partial charge in [-0.1, -0.05) is 0 Å². The number of nitrogens with one attached hydrogen (secondary N) is 1. The van der Waals surface area contributed by atoms with Crippen LogP contribution in [0.5, 0.6) is 5.75 Å². The quantitative estimate of drug-likeness (QED) is 0.422. The summed E-state index contributed by atoms with van der Waals surface area (Å²) in [6.07, 6.45) is 2.15. The molecule has 1 aliphatic carbocycles. The van der Waals surface area contributed by atoms with Gasteiger partial charge in [0.05, 0.1) is 10.6 Å². The highest BCUT2D eigenvalue weighted by molar-refractivity contribution is 6.01. The lowest BCUT2D eigenvalue weighted by molar-refractivity contribution is -0.384. The maximum Gasteiger partial charge on any atom is 0.326 e. The molecule has 1 N–H and O–H groups in total. The van der Waals surface area contributed by atoms with E-state index in [0.29, 0.717) is 5.92 Å². The Hall–Kier alpha value is -3.17. The molecule has 0 radical (unpaired) electrons. The summed E-state index contributed by atoms with van der Waals surface area (Å²) in [7, 11) is 0. The van der Waals surface area contributed by atoms with Crippen LogP contribution in [-0.2, 0) is 19.1 Å². The fraction of sp³-hybridized carbons (Fsp3) is 0.471. The molecule has 1 heterocycles. The highest BCUT2D eigenvalue weighted by Gasteiger charge is 2.31. The summed E-state index contributed by atoms with van der Waals surface area (Å²) in [5.41, 5.74) is -0.122. The van der Waals surface area contributed by atoms with Crippen LogP contribution in [0.15, 0.2) is 18.2 Å². The predicted octanol–water partition coefficient (Wildman–Crippen LogP) is 0.778. The van der Waals surface area contributed by atoms with Crippen LogP contribution in [0, 0.1) is 16.0 Å². The summed E-state index contributed by atoms with van der Waals surface area (Å²) in [6.45, 7) is 0.684. The van der Waals surface area contributed by atoms with E-state index in [2.05, 4.69) is 5.32 Å². The van der Waals surface area contributed by atoms with Gasteiger partial charge in [0.2, 0.25) is 0 Å². The molecule has 0 aromatic heterocycles. The molecule has 10 nitrogen and oxygen atoms in total. The summed E-state index contributed by atoms with van der Waals surface area (Å²) < 4.78 is 10.2. The Morgan fingerprint density at radius 1 is 1.44 bits per heavy atom. The minimum absolute atomic E-state index is 0.0319. The number of amides is 2. The Labute approximate surface area is 154 Å². The molecule has 0 spiro atoms. The number of ether oxygens (including phenoxy) is 2. The number of hydrogen-bond donors (Lipinski definition) is 1. The second-order valence-electron chi connectivity index (χ2n) is 6.53. The van der Waals surface area contributed by atoms with E-state index in [4.69, 9.17) is 9.47 Å². The number of carbonyl (C=O) groups is 3. The third-order valence-electron chi connectivity index (χ3n) is 4.47.